The lowest BCUT2D eigenvalue weighted by molar-refractivity contribution is 0.224. The van der Waals surface area contributed by atoms with Crippen LogP contribution in [0.25, 0.3) is 90.2 Å². The van der Waals surface area contributed by atoms with Crippen LogP contribution in [0.15, 0.2) is 212 Å². The minimum Gasteiger partial charge on any atom is -0.484 e. The van der Waals surface area contributed by atoms with E-state index in [1.54, 1.807) is 0 Å². The highest BCUT2D eigenvalue weighted by Gasteiger charge is 2.42. The highest BCUT2D eigenvalue weighted by molar-refractivity contribution is 5.92. The fourth-order valence-electron chi connectivity index (χ4n) is 9.32. The third-order valence-corrected chi connectivity index (χ3v) is 12.2. The third-order valence-electron chi connectivity index (χ3n) is 12.2. The molecule has 2 aliphatic rings. The smallest absolute Gasteiger partial charge is 0.164 e. The maximum atomic E-state index is 7.06. The predicted molar refractivity (Wildman–Crippen MR) is 251 cm³/mol. The number of ether oxygens (including phenoxy) is 1. The average molecular weight is 795 g/mol. The van der Waals surface area contributed by atoms with Crippen LogP contribution < -0.4 is 4.74 Å². The van der Waals surface area contributed by atoms with Gasteiger partial charge < -0.3 is 9.30 Å². The summed E-state index contributed by atoms with van der Waals surface area (Å²) in [6.07, 6.45) is 4.37. The number of rotatable bonds is 7. The zero-order valence-electron chi connectivity index (χ0n) is 33.6. The number of hydrogen-bond donors (Lipinski definition) is 0. The summed E-state index contributed by atoms with van der Waals surface area (Å²) in [6, 6.07) is 72.2. The van der Waals surface area contributed by atoms with Gasteiger partial charge in [0.1, 0.15) is 11.9 Å². The summed E-state index contributed by atoms with van der Waals surface area (Å²) in [5.74, 6) is 2.67. The van der Waals surface area contributed by atoms with Crippen LogP contribution in [0.2, 0.25) is 0 Å². The SMILES string of the molecule is C1=CC2c3c(cccc3-c3nc(-c4ccccc4)nc(-c4cccc(-c5ccccc5)c4)n3)OC2c2c1n(-c1cccc(-c3ccc(-c4ccccc4)cc3)c1)c1ccccc21. The van der Waals surface area contributed by atoms with Gasteiger partial charge in [-0.05, 0) is 69.8 Å². The van der Waals surface area contributed by atoms with Crippen molar-refractivity contribution in [3.05, 3.63) is 229 Å². The van der Waals surface area contributed by atoms with Crippen LogP contribution in [0.4, 0.5) is 0 Å². The van der Waals surface area contributed by atoms with Crippen LogP contribution in [-0.2, 0) is 0 Å². The summed E-state index contributed by atoms with van der Waals surface area (Å²) in [5, 5.41) is 1.18. The molecule has 2 atom stereocenters. The second-order valence-corrected chi connectivity index (χ2v) is 15.9. The highest BCUT2D eigenvalue weighted by Crippen LogP contribution is 2.55. The molecule has 10 aromatic rings. The quantitative estimate of drug-likeness (QED) is 0.161. The molecule has 3 heterocycles. The maximum absolute atomic E-state index is 7.06. The van der Waals surface area contributed by atoms with Crippen LogP contribution in [0, 0.1) is 0 Å². The summed E-state index contributed by atoms with van der Waals surface area (Å²) in [5.41, 5.74) is 15.5. The standard InChI is InChI=1S/C57H38N4O/c1-4-15-37(16-5-1)39-29-31-40(32-30-39)43-22-13-24-45(36-43)61-49-27-11-10-25-46(49)53-50(61)34-33-47-52-48(26-14-28-51(52)62-54(47)53)57-59-55(41-19-8-3-9-20-41)58-56(60-57)44-23-12-21-42(35-44)38-17-6-2-7-18-38/h1-36,47,54H. The lowest BCUT2D eigenvalue weighted by atomic mass is 9.83. The van der Waals surface area contributed by atoms with Crippen LogP contribution >= 0.6 is 0 Å². The molecule has 12 rings (SSSR count). The minimum atomic E-state index is -0.233. The molecule has 0 bridgehead atoms. The first-order chi connectivity index (χ1) is 30.7. The minimum absolute atomic E-state index is 0.0516. The van der Waals surface area contributed by atoms with Gasteiger partial charge in [0, 0.05) is 44.8 Å². The topological polar surface area (TPSA) is 52.8 Å². The molecule has 0 spiro atoms. The largest absolute Gasteiger partial charge is 0.484 e. The second kappa shape index (κ2) is 14.8. The van der Waals surface area contributed by atoms with Crippen molar-refractivity contribution in [2.75, 3.05) is 0 Å². The van der Waals surface area contributed by atoms with Gasteiger partial charge in [-0.3, -0.25) is 0 Å². The molecule has 5 nitrogen and oxygen atoms in total. The van der Waals surface area contributed by atoms with E-state index >= 15 is 0 Å². The molecule has 2 unspecified atom stereocenters. The van der Waals surface area contributed by atoms with Crippen molar-refractivity contribution >= 4 is 17.0 Å². The van der Waals surface area contributed by atoms with E-state index in [2.05, 4.69) is 199 Å². The molecule has 0 fully saturated rings. The van der Waals surface area contributed by atoms with E-state index in [0.717, 1.165) is 56.0 Å². The van der Waals surface area contributed by atoms with Crippen molar-refractivity contribution in [3.63, 3.8) is 0 Å². The first-order valence-corrected chi connectivity index (χ1v) is 21.1. The average Bonchev–Trinajstić information content (AvgIpc) is 3.91. The summed E-state index contributed by atoms with van der Waals surface area (Å²) < 4.78 is 9.45. The zero-order valence-corrected chi connectivity index (χ0v) is 33.6. The zero-order chi connectivity index (χ0) is 41.0. The van der Waals surface area contributed by atoms with Crippen molar-refractivity contribution in [3.8, 4) is 79.0 Å². The first-order valence-electron chi connectivity index (χ1n) is 21.1. The lowest BCUT2D eigenvalue weighted by Crippen LogP contribution is -2.14. The van der Waals surface area contributed by atoms with Gasteiger partial charge >= 0.3 is 0 Å². The maximum Gasteiger partial charge on any atom is 0.164 e. The van der Waals surface area contributed by atoms with Gasteiger partial charge in [0.15, 0.2) is 17.5 Å². The van der Waals surface area contributed by atoms with Gasteiger partial charge in [0.05, 0.1) is 11.2 Å². The van der Waals surface area contributed by atoms with Crippen molar-refractivity contribution in [1.82, 2.24) is 19.5 Å². The van der Waals surface area contributed by atoms with E-state index in [1.165, 1.54) is 33.2 Å². The number of benzene rings is 8. The first kappa shape index (κ1) is 35.8. The van der Waals surface area contributed by atoms with Gasteiger partial charge in [-0.15, -0.1) is 0 Å². The van der Waals surface area contributed by atoms with Gasteiger partial charge in [-0.2, -0.15) is 0 Å². The highest BCUT2D eigenvalue weighted by atomic mass is 16.5. The number of para-hydroxylation sites is 1. The molecule has 0 N–H and O–H groups in total. The van der Waals surface area contributed by atoms with Crippen LogP contribution in [0.5, 0.6) is 5.75 Å². The Kier molecular flexibility index (Phi) is 8.56. The summed E-state index contributed by atoms with van der Waals surface area (Å²) in [4.78, 5) is 15.5. The van der Waals surface area contributed by atoms with Crippen LogP contribution in [0.3, 0.4) is 0 Å². The Morgan fingerprint density at radius 3 is 1.68 bits per heavy atom. The lowest BCUT2D eigenvalue weighted by Gasteiger charge is -2.23. The molecule has 1 aliphatic carbocycles. The molecule has 62 heavy (non-hydrogen) atoms. The fourth-order valence-corrected chi connectivity index (χ4v) is 9.32. The Morgan fingerprint density at radius 1 is 0.403 bits per heavy atom. The molecule has 0 saturated carbocycles. The van der Waals surface area contributed by atoms with E-state index in [4.69, 9.17) is 19.7 Å². The van der Waals surface area contributed by atoms with E-state index in [0.29, 0.717) is 17.5 Å². The number of aromatic nitrogens is 4. The molecular formula is C57H38N4O. The van der Waals surface area contributed by atoms with E-state index in [-0.39, 0.29) is 12.0 Å². The van der Waals surface area contributed by atoms with Gasteiger partial charge in [0.2, 0.25) is 0 Å². The van der Waals surface area contributed by atoms with Crippen molar-refractivity contribution in [2.24, 2.45) is 0 Å². The Balaban J connectivity index is 0.949. The molecule has 1 aliphatic heterocycles. The molecule has 292 valence electrons. The van der Waals surface area contributed by atoms with E-state index < -0.39 is 0 Å². The number of hydrogen-bond acceptors (Lipinski definition) is 4. The van der Waals surface area contributed by atoms with Gasteiger partial charge in [-0.1, -0.05) is 182 Å². The van der Waals surface area contributed by atoms with Crippen molar-refractivity contribution < 1.29 is 4.74 Å². The number of nitrogens with zero attached hydrogens (tertiary/aromatic N) is 4. The summed E-state index contributed by atoms with van der Waals surface area (Å²) in [7, 11) is 0. The normalized spacial score (nSPS) is 14.8. The monoisotopic (exact) mass is 794 g/mol. The molecule has 0 saturated heterocycles. The molecule has 0 radical (unpaired) electrons. The molecule has 0 amide bonds. The Hall–Kier alpha value is -8.15. The third kappa shape index (κ3) is 6.13. The van der Waals surface area contributed by atoms with Gasteiger partial charge in [-0.25, -0.2) is 15.0 Å². The molecule has 2 aromatic heterocycles. The summed E-state index contributed by atoms with van der Waals surface area (Å²) in [6.45, 7) is 0. The molecule has 5 heteroatoms. The fraction of sp³-hybridized carbons (Fsp3) is 0.0351. The van der Waals surface area contributed by atoms with E-state index in [1.807, 2.05) is 24.3 Å². The molecular weight excluding hydrogens is 757 g/mol. The Labute approximate surface area is 360 Å². The van der Waals surface area contributed by atoms with Crippen LogP contribution in [0.1, 0.15) is 28.8 Å². The van der Waals surface area contributed by atoms with Crippen molar-refractivity contribution in [1.29, 1.82) is 0 Å². The number of fused-ring (bicyclic) bond motifs is 7. The van der Waals surface area contributed by atoms with Crippen LogP contribution in [-0.4, -0.2) is 19.5 Å². The molecule has 8 aromatic carbocycles. The Bertz CT molecular complexity index is 3320. The predicted octanol–water partition coefficient (Wildman–Crippen LogP) is 14.1. The van der Waals surface area contributed by atoms with Crippen molar-refractivity contribution in [2.45, 2.75) is 12.0 Å². The second-order valence-electron chi connectivity index (χ2n) is 15.9. The summed E-state index contributed by atoms with van der Waals surface area (Å²) >= 11 is 0. The van der Waals surface area contributed by atoms with E-state index in [9.17, 15) is 0 Å². The van der Waals surface area contributed by atoms with Gasteiger partial charge in [0.25, 0.3) is 0 Å². The Morgan fingerprint density at radius 2 is 0.935 bits per heavy atom.